The third-order valence-electron chi connectivity index (χ3n) is 8.98. The number of fused-ring (bicyclic) bond motifs is 1. The second-order valence-corrected chi connectivity index (χ2v) is 11.5. The van der Waals surface area contributed by atoms with Crippen molar-refractivity contribution in [2.45, 2.75) is 71.1 Å². The first-order valence-corrected chi connectivity index (χ1v) is 14.3. The molecule has 0 fully saturated rings. The second kappa shape index (κ2) is 11.0. The summed E-state index contributed by atoms with van der Waals surface area (Å²) in [6, 6.07) is 0. The number of hydrogen-bond acceptors (Lipinski definition) is 6. The third-order valence-corrected chi connectivity index (χ3v) is 8.98. The first-order valence-electron chi connectivity index (χ1n) is 14.3. The minimum absolute atomic E-state index is 0.0842. The SMILES string of the molecule is C=CC1=C(C)C2(C=C3NC(Cc4[nH]c(/C=C5\NC(=O)C(C)=C5C=C)c(C)c4CCC(=O)O)=C(CCC(=O)O)C3(C)O2)NC1=O. The van der Waals surface area contributed by atoms with Crippen LogP contribution in [-0.4, -0.2) is 50.3 Å². The van der Waals surface area contributed by atoms with Crippen molar-refractivity contribution in [2.24, 2.45) is 0 Å². The lowest BCUT2D eigenvalue weighted by atomic mass is 9.90. The molecule has 4 aliphatic rings. The van der Waals surface area contributed by atoms with E-state index in [1.54, 1.807) is 19.9 Å². The van der Waals surface area contributed by atoms with Gasteiger partial charge in [0.05, 0.1) is 11.4 Å². The first-order chi connectivity index (χ1) is 20.7. The fourth-order valence-electron chi connectivity index (χ4n) is 6.51. The van der Waals surface area contributed by atoms with Crippen LogP contribution in [0.2, 0.25) is 0 Å². The predicted octanol–water partition coefficient (Wildman–Crippen LogP) is 3.58. The lowest BCUT2D eigenvalue weighted by molar-refractivity contribution is -0.138. The maximum atomic E-state index is 12.6. The molecule has 2 atom stereocenters. The van der Waals surface area contributed by atoms with Crippen LogP contribution in [-0.2, 0) is 36.8 Å². The number of ether oxygens (including phenoxy) is 1. The topological polar surface area (TPSA) is 170 Å². The van der Waals surface area contributed by atoms with E-state index < -0.39 is 23.3 Å². The van der Waals surface area contributed by atoms with E-state index in [0.29, 0.717) is 45.8 Å². The highest BCUT2D eigenvalue weighted by molar-refractivity contribution is 6.02. The Hall–Kier alpha value is -4.90. The minimum atomic E-state index is -1.19. The molecule has 230 valence electrons. The molecule has 1 aromatic rings. The summed E-state index contributed by atoms with van der Waals surface area (Å²) in [5.41, 5.74) is 5.97. The van der Waals surface area contributed by atoms with Gasteiger partial charge in [0.2, 0.25) is 0 Å². The van der Waals surface area contributed by atoms with E-state index >= 15 is 0 Å². The van der Waals surface area contributed by atoms with E-state index in [-0.39, 0.29) is 37.5 Å². The molecule has 0 radical (unpaired) electrons. The zero-order chi connectivity index (χ0) is 32.1. The van der Waals surface area contributed by atoms with Gasteiger partial charge in [-0.2, -0.15) is 0 Å². The van der Waals surface area contributed by atoms with Crippen molar-refractivity contribution in [2.75, 3.05) is 0 Å². The molecule has 0 aliphatic carbocycles. The first kappa shape index (κ1) is 30.6. The number of hydrogen-bond donors (Lipinski definition) is 6. The third kappa shape index (κ3) is 4.92. The van der Waals surface area contributed by atoms with Crippen LogP contribution in [0.3, 0.4) is 0 Å². The van der Waals surface area contributed by atoms with E-state index in [1.807, 2.05) is 26.0 Å². The summed E-state index contributed by atoms with van der Waals surface area (Å²) in [7, 11) is 0. The average molecular weight is 601 g/mol. The molecule has 4 aliphatic heterocycles. The van der Waals surface area contributed by atoms with Gasteiger partial charge in [0.25, 0.3) is 11.8 Å². The highest BCUT2D eigenvalue weighted by Gasteiger charge is 2.57. The number of carbonyl (C=O) groups is 4. The van der Waals surface area contributed by atoms with Crippen molar-refractivity contribution < 1.29 is 34.1 Å². The molecule has 2 amide bonds. The summed E-state index contributed by atoms with van der Waals surface area (Å²) in [6.07, 6.45) is 7.29. The highest BCUT2D eigenvalue weighted by Crippen LogP contribution is 2.50. The Kier molecular flexibility index (Phi) is 7.63. The van der Waals surface area contributed by atoms with Gasteiger partial charge in [0.15, 0.2) is 5.72 Å². The van der Waals surface area contributed by atoms with Crippen LogP contribution in [0.4, 0.5) is 0 Å². The lowest BCUT2D eigenvalue weighted by Gasteiger charge is -2.32. The molecular weight excluding hydrogens is 564 g/mol. The van der Waals surface area contributed by atoms with Crippen LogP contribution in [0.15, 0.2) is 76.3 Å². The number of amides is 2. The molecule has 1 aromatic heterocycles. The fourth-order valence-corrected chi connectivity index (χ4v) is 6.51. The monoisotopic (exact) mass is 600 g/mol. The van der Waals surface area contributed by atoms with E-state index in [1.165, 1.54) is 6.08 Å². The average Bonchev–Trinajstić information content (AvgIpc) is 3.63. The summed E-state index contributed by atoms with van der Waals surface area (Å²) >= 11 is 0. The zero-order valence-electron chi connectivity index (χ0n) is 25.2. The number of allylic oxidation sites excluding steroid dienone is 2. The molecule has 0 saturated heterocycles. The Morgan fingerprint density at radius 2 is 1.64 bits per heavy atom. The molecule has 11 nitrogen and oxygen atoms in total. The Bertz CT molecular complexity index is 1720. The largest absolute Gasteiger partial charge is 0.481 e. The molecule has 1 spiro atoms. The number of nitrogens with one attached hydrogen (secondary N) is 4. The van der Waals surface area contributed by atoms with Gasteiger partial charge in [0.1, 0.15) is 5.60 Å². The van der Waals surface area contributed by atoms with Crippen molar-refractivity contribution in [3.8, 4) is 0 Å². The number of aromatic amines is 1. The van der Waals surface area contributed by atoms with Gasteiger partial charge in [-0.15, -0.1) is 0 Å². The van der Waals surface area contributed by atoms with Crippen molar-refractivity contribution in [3.05, 3.63) is 98.9 Å². The van der Waals surface area contributed by atoms with E-state index in [4.69, 9.17) is 4.74 Å². The molecule has 6 N–H and O–H groups in total. The minimum Gasteiger partial charge on any atom is -0.481 e. The molecule has 2 unspecified atom stereocenters. The summed E-state index contributed by atoms with van der Waals surface area (Å²) in [4.78, 5) is 51.6. The van der Waals surface area contributed by atoms with Gasteiger partial charge in [0, 0.05) is 53.1 Å². The zero-order valence-corrected chi connectivity index (χ0v) is 25.2. The van der Waals surface area contributed by atoms with Crippen molar-refractivity contribution in [1.29, 1.82) is 0 Å². The molecule has 5 heterocycles. The summed E-state index contributed by atoms with van der Waals surface area (Å²) in [5, 5.41) is 28.2. The second-order valence-electron chi connectivity index (χ2n) is 11.5. The molecule has 11 heteroatoms. The van der Waals surface area contributed by atoms with Crippen LogP contribution in [0.25, 0.3) is 6.08 Å². The van der Waals surface area contributed by atoms with Crippen LogP contribution in [0.5, 0.6) is 0 Å². The fraction of sp³-hybridized carbons (Fsp3) is 0.333. The number of carboxylic acids is 2. The van der Waals surface area contributed by atoms with Gasteiger partial charge in [-0.3, -0.25) is 19.2 Å². The maximum absolute atomic E-state index is 12.6. The summed E-state index contributed by atoms with van der Waals surface area (Å²) < 4.78 is 6.62. The van der Waals surface area contributed by atoms with Gasteiger partial charge >= 0.3 is 11.9 Å². The standard InChI is InChI=1S/C33H36N4O7/c1-7-19-17(4)30(42)36-24(19)13-23-16(3)21(9-11-28(38)39)25(34-23)14-26-22(10-12-29(40)41)32(6)27(35-26)15-33(44-32)18(5)20(8-2)31(43)37-33/h7-8,13,15,34-35H,1-2,9-12,14H2,3-6H3,(H,36,42)(H,37,43)(H,38,39)(H,40,41)/b24-13-. The van der Waals surface area contributed by atoms with Crippen molar-refractivity contribution in [1.82, 2.24) is 20.9 Å². The van der Waals surface area contributed by atoms with Crippen LogP contribution in [0, 0.1) is 6.92 Å². The predicted molar refractivity (Wildman–Crippen MR) is 163 cm³/mol. The van der Waals surface area contributed by atoms with Gasteiger partial charge < -0.3 is 35.9 Å². The number of H-pyrrole nitrogens is 1. The Labute approximate surface area is 254 Å². The molecule has 0 bridgehead atoms. The molecule has 0 saturated carbocycles. The Morgan fingerprint density at radius 3 is 2.25 bits per heavy atom. The van der Waals surface area contributed by atoms with Crippen molar-refractivity contribution in [3.63, 3.8) is 0 Å². The number of carboxylic acid groups (broad SMARTS) is 2. The van der Waals surface area contributed by atoms with Gasteiger partial charge in [-0.05, 0) is 75.0 Å². The highest BCUT2D eigenvalue weighted by atomic mass is 16.5. The smallest absolute Gasteiger partial charge is 0.303 e. The van der Waals surface area contributed by atoms with Crippen molar-refractivity contribution >= 4 is 29.8 Å². The van der Waals surface area contributed by atoms with Crippen LogP contribution >= 0.6 is 0 Å². The normalized spacial score (nSPS) is 25.1. The summed E-state index contributed by atoms with van der Waals surface area (Å²) in [6.45, 7) is 14.8. The molecule has 5 rings (SSSR count). The van der Waals surface area contributed by atoms with E-state index in [9.17, 15) is 29.4 Å². The van der Waals surface area contributed by atoms with Crippen LogP contribution < -0.4 is 16.0 Å². The maximum Gasteiger partial charge on any atom is 0.303 e. The van der Waals surface area contributed by atoms with E-state index in [0.717, 1.165) is 28.1 Å². The Balaban J connectivity index is 1.56. The molecular formula is C33H36N4O7. The van der Waals surface area contributed by atoms with E-state index in [2.05, 4.69) is 34.1 Å². The quantitative estimate of drug-likeness (QED) is 0.224. The lowest BCUT2D eigenvalue weighted by Crippen LogP contribution is -2.46. The number of aliphatic carboxylic acids is 2. The van der Waals surface area contributed by atoms with Gasteiger partial charge in [-0.1, -0.05) is 25.3 Å². The molecule has 0 aromatic carbocycles. The Morgan fingerprint density at radius 1 is 0.977 bits per heavy atom. The van der Waals surface area contributed by atoms with Gasteiger partial charge in [-0.25, -0.2) is 0 Å². The molecule has 44 heavy (non-hydrogen) atoms. The number of carbonyl (C=O) groups excluding carboxylic acids is 2. The number of rotatable bonds is 11. The van der Waals surface area contributed by atoms with Crippen LogP contribution in [0.1, 0.15) is 62.5 Å². The number of aromatic nitrogens is 1. The summed E-state index contributed by atoms with van der Waals surface area (Å²) in [5.74, 6) is -2.40.